The Morgan fingerprint density at radius 3 is 2.57 bits per heavy atom. The van der Waals surface area contributed by atoms with E-state index >= 15 is 0 Å². The van der Waals surface area contributed by atoms with Gasteiger partial charge < -0.3 is 14.7 Å². The smallest absolute Gasteiger partial charge is 0.324 e. The molecule has 2 fully saturated rings. The number of carbonyl (C=O) groups is 2. The summed E-state index contributed by atoms with van der Waals surface area (Å²) < 4.78 is 6.73. The minimum absolute atomic E-state index is 0.00682. The monoisotopic (exact) mass is 455 g/mol. The van der Waals surface area contributed by atoms with Gasteiger partial charge in [0.25, 0.3) is 0 Å². The van der Waals surface area contributed by atoms with Crippen LogP contribution in [0.15, 0.2) is 10.4 Å². The van der Waals surface area contributed by atoms with Crippen LogP contribution in [-0.2, 0) is 9.53 Å². The number of urea groups is 1. The molecule has 1 aromatic heterocycles. The van der Waals surface area contributed by atoms with Crippen molar-refractivity contribution < 1.29 is 19.4 Å². The molecule has 168 valence electrons. The quantitative estimate of drug-likeness (QED) is 0.496. The van der Waals surface area contributed by atoms with Gasteiger partial charge in [0.15, 0.2) is 5.13 Å². The largest absolute Gasteiger partial charge is 0.481 e. The Morgan fingerprint density at radius 2 is 1.90 bits per heavy atom. The van der Waals surface area contributed by atoms with Gasteiger partial charge in [-0.25, -0.2) is 9.78 Å². The number of carboxylic acids is 1. The number of anilines is 1. The van der Waals surface area contributed by atoms with Crippen LogP contribution in [0.1, 0.15) is 71.1 Å². The van der Waals surface area contributed by atoms with Crippen molar-refractivity contribution in [3.05, 3.63) is 6.20 Å². The van der Waals surface area contributed by atoms with Gasteiger partial charge in [-0.15, -0.1) is 11.8 Å². The fourth-order valence-corrected chi connectivity index (χ4v) is 6.02. The Morgan fingerprint density at radius 1 is 1.20 bits per heavy atom. The molecule has 7 nitrogen and oxygen atoms in total. The number of amides is 2. The predicted molar refractivity (Wildman–Crippen MR) is 120 cm³/mol. The minimum Gasteiger partial charge on any atom is -0.481 e. The summed E-state index contributed by atoms with van der Waals surface area (Å²) in [5.74, 6) is -0.867. The van der Waals surface area contributed by atoms with E-state index in [0.29, 0.717) is 11.2 Å². The molecule has 1 heterocycles. The van der Waals surface area contributed by atoms with Crippen LogP contribution >= 0.6 is 23.1 Å². The number of nitrogens with one attached hydrogen (secondary N) is 1. The summed E-state index contributed by atoms with van der Waals surface area (Å²) in [5.41, 5.74) is 0. The first kappa shape index (κ1) is 23.3. The molecule has 0 spiro atoms. The first-order valence-electron chi connectivity index (χ1n) is 11.1. The molecule has 2 saturated carbocycles. The topological polar surface area (TPSA) is 91.8 Å². The Bertz CT molecular complexity index is 686. The summed E-state index contributed by atoms with van der Waals surface area (Å²) in [6.45, 7) is 2.94. The van der Waals surface area contributed by atoms with Crippen LogP contribution in [0.4, 0.5) is 9.93 Å². The lowest BCUT2D eigenvalue weighted by atomic mass is 9.88. The molecule has 2 aliphatic carbocycles. The molecule has 2 amide bonds. The van der Waals surface area contributed by atoms with Crippen LogP contribution in [0.5, 0.6) is 0 Å². The van der Waals surface area contributed by atoms with Crippen molar-refractivity contribution in [3.8, 4) is 0 Å². The van der Waals surface area contributed by atoms with Crippen LogP contribution in [0.25, 0.3) is 0 Å². The first-order chi connectivity index (χ1) is 14.6. The first-order valence-corrected chi connectivity index (χ1v) is 12.9. The zero-order valence-electron chi connectivity index (χ0n) is 17.7. The van der Waals surface area contributed by atoms with Crippen molar-refractivity contribution in [3.63, 3.8) is 0 Å². The number of aliphatic carboxylic acids is 1. The third kappa shape index (κ3) is 6.85. The van der Waals surface area contributed by atoms with E-state index in [1.165, 1.54) is 42.4 Å². The molecule has 2 N–H and O–H groups in total. The number of aromatic nitrogens is 1. The third-order valence-corrected chi connectivity index (χ3v) is 7.93. The molecular formula is C21H33N3O4S2. The second kappa shape index (κ2) is 11.9. The average molecular weight is 456 g/mol. The maximum Gasteiger partial charge on any atom is 0.324 e. The molecule has 0 radical (unpaired) electrons. The van der Waals surface area contributed by atoms with Gasteiger partial charge in [-0.05, 0) is 44.9 Å². The summed E-state index contributed by atoms with van der Waals surface area (Å²) in [7, 11) is 0. The number of nitrogens with zero attached hydrogens (tertiary/aromatic N) is 2. The van der Waals surface area contributed by atoms with Crippen molar-refractivity contribution in [2.75, 3.05) is 17.7 Å². The summed E-state index contributed by atoms with van der Waals surface area (Å²) in [5, 5.41) is 12.4. The summed E-state index contributed by atoms with van der Waals surface area (Å²) >= 11 is 2.56. The highest BCUT2D eigenvalue weighted by Crippen LogP contribution is 2.33. The SMILES string of the molecule is CCCOC1CCC(N(C(=O)Nc2ncc(SCC(=O)O)s2)C2CCCCC2)CC1. The summed E-state index contributed by atoms with van der Waals surface area (Å²) in [6, 6.07) is 0.469. The molecule has 0 aliphatic heterocycles. The van der Waals surface area contributed by atoms with E-state index in [0.717, 1.165) is 55.8 Å². The lowest BCUT2D eigenvalue weighted by Gasteiger charge is -2.42. The van der Waals surface area contributed by atoms with Crippen LogP contribution in [-0.4, -0.2) is 57.5 Å². The number of thiazole rings is 1. The Balaban J connectivity index is 1.62. The van der Waals surface area contributed by atoms with E-state index in [9.17, 15) is 9.59 Å². The van der Waals surface area contributed by atoms with Crippen molar-refractivity contribution in [1.82, 2.24) is 9.88 Å². The van der Waals surface area contributed by atoms with Gasteiger partial charge in [-0.2, -0.15) is 0 Å². The number of hydrogen-bond acceptors (Lipinski definition) is 6. The number of thioether (sulfide) groups is 1. The van der Waals surface area contributed by atoms with E-state index in [2.05, 4.69) is 22.1 Å². The summed E-state index contributed by atoms with van der Waals surface area (Å²) in [4.78, 5) is 30.4. The molecule has 0 aromatic carbocycles. The average Bonchev–Trinajstić information content (AvgIpc) is 3.20. The molecule has 0 bridgehead atoms. The van der Waals surface area contributed by atoms with Gasteiger partial charge in [0, 0.05) is 18.7 Å². The second-order valence-electron chi connectivity index (χ2n) is 8.10. The molecule has 0 unspecified atom stereocenters. The zero-order valence-corrected chi connectivity index (χ0v) is 19.3. The van der Waals surface area contributed by atoms with Crippen molar-refractivity contribution in [1.29, 1.82) is 0 Å². The van der Waals surface area contributed by atoms with Gasteiger partial charge in [0.05, 0.1) is 22.3 Å². The third-order valence-electron chi connectivity index (χ3n) is 5.83. The molecule has 9 heteroatoms. The fraction of sp³-hybridized carbons (Fsp3) is 0.762. The molecule has 30 heavy (non-hydrogen) atoms. The number of hydrogen-bond donors (Lipinski definition) is 2. The van der Waals surface area contributed by atoms with Crippen molar-refractivity contribution in [2.45, 2.75) is 93.5 Å². The lowest BCUT2D eigenvalue weighted by molar-refractivity contribution is -0.133. The van der Waals surface area contributed by atoms with Crippen LogP contribution < -0.4 is 5.32 Å². The normalized spacial score (nSPS) is 22.6. The number of carboxylic acid groups (broad SMARTS) is 1. The van der Waals surface area contributed by atoms with E-state index in [-0.39, 0.29) is 23.9 Å². The van der Waals surface area contributed by atoms with Crippen molar-refractivity contribution >= 4 is 40.2 Å². The van der Waals surface area contributed by atoms with Crippen LogP contribution in [0, 0.1) is 0 Å². The molecule has 3 rings (SSSR count). The van der Waals surface area contributed by atoms with E-state index in [4.69, 9.17) is 9.84 Å². The molecule has 0 saturated heterocycles. The fourth-order valence-electron chi connectivity index (χ4n) is 4.44. The van der Waals surface area contributed by atoms with Gasteiger partial charge in [0.1, 0.15) is 0 Å². The Kier molecular flexibility index (Phi) is 9.27. The molecular weight excluding hydrogens is 422 g/mol. The highest BCUT2D eigenvalue weighted by atomic mass is 32.2. The van der Waals surface area contributed by atoms with Gasteiger partial charge in [-0.3, -0.25) is 10.1 Å². The van der Waals surface area contributed by atoms with Crippen molar-refractivity contribution in [2.24, 2.45) is 0 Å². The van der Waals surface area contributed by atoms with E-state index in [1.54, 1.807) is 6.20 Å². The molecule has 1 aromatic rings. The van der Waals surface area contributed by atoms with Gasteiger partial charge in [-0.1, -0.05) is 37.5 Å². The zero-order chi connectivity index (χ0) is 21.3. The predicted octanol–water partition coefficient (Wildman–Crippen LogP) is 5.22. The number of ether oxygens (including phenoxy) is 1. The van der Waals surface area contributed by atoms with Gasteiger partial charge >= 0.3 is 12.0 Å². The van der Waals surface area contributed by atoms with Gasteiger partial charge in [0.2, 0.25) is 0 Å². The lowest BCUT2D eigenvalue weighted by Crippen LogP contribution is -2.51. The van der Waals surface area contributed by atoms with Crippen LogP contribution in [0.2, 0.25) is 0 Å². The maximum atomic E-state index is 13.3. The Hall–Kier alpha value is -1.32. The van der Waals surface area contributed by atoms with E-state index < -0.39 is 5.97 Å². The number of carbonyl (C=O) groups excluding carboxylic acids is 1. The maximum absolute atomic E-state index is 13.3. The molecule has 0 atom stereocenters. The standard InChI is InChI=1S/C21H33N3O4S2/c1-2-12-28-17-10-8-16(9-11-17)24(15-6-4-3-5-7-15)21(27)23-20-22-13-19(30-20)29-14-18(25)26/h13,15-17H,2-12,14H2,1H3,(H,25,26)(H,22,23,27). The minimum atomic E-state index is -0.860. The summed E-state index contributed by atoms with van der Waals surface area (Å²) in [6.07, 6.45) is 12.7. The Labute approximate surface area is 187 Å². The van der Waals surface area contributed by atoms with E-state index in [1.807, 2.05) is 0 Å². The number of rotatable bonds is 9. The second-order valence-corrected chi connectivity index (χ2v) is 10.4. The molecule has 2 aliphatic rings. The highest BCUT2D eigenvalue weighted by Gasteiger charge is 2.34. The van der Waals surface area contributed by atoms with Crippen LogP contribution in [0.3, 0.4) is 0 Å². The highest BCUT2D eigenvalue weighted by molar-refractivity contribution is 8.01.